The molecular weight excluding hydrogens is 553 g/mol. The van der Waals surface area contributed by atoms with Crippen molar-refractivity contribution < 1.29 is 0 Å². The maximum absolute atomic E-state index is 4.82. The van der Waals surface area contributed by atoms with Gasteiger partial charge in [-0.1, -0.05) is 97.1 Å². The summed E-state index contributed by atoms with van der Waals surface area (Å²) in [5.41, 5.74) is 6.29. The van der Waals surface area contributed by atoms with E-state index in [1.165, 1.54) is 59.4 Å². The van der Waals surface area contributed by atoms with Crippen molar-refractivity contribution in [2.45, 2.75) is 0 Å². The summed E-state index contributed by atoms with van der Waals surface area (Å²) >= 11 is 0. The molecule has 2 aliphatic rings. The lowest BCUT2D eigenvalue weighted by molar-refractivity contribution is 0.496. The van der Waals surface area contributed by atoms with Crippen molar-refractivity contribution in [3.63, 3.8) is 0 Å². The Hall–Kier alpha value is -5.39. The van der Waals surface area contributed by atoms with Crippen LogP contribution in [0.3, 0.4) is 0 Å². The van der Waals surface area contributed by atoms with E-state index in [-0.39, 0.29) is 0 Å². The Morgan fingerprint density at radius 1 is 0.591 bits per heavy atom. The Balaban J connectivity index is 1.39. The predicted octanol–water partition coefficient (Wildman–Crippen LogP) is 5.72. The molecule has 0 bridgehead atoms. The highest BCUT2D eigenvalue weighted by atomic mass is 28.3. The van der Waals surface area contributed by atoms with Crippen molar-refractivity contribution >= 4 is 56.3 Å². The Kier molecular flexibility index (Phi) is 5.46. The van der Waals surface area contributed by atoms with Crippen LogP contribution in [0.5, 0.6) is 0 Å². The predicted molar refractivity (Wildman–Crippen MR) is 185 cm³/mol. The zero-order chi connectivity index (χ0) is 29.3. The largest absolute Gasteiger partial charge is 0.361 e. The van der Waals surface area contributed by atoms with Crippen LogP contribution < -0.4 is 25.6 Å². The third-order valence-electron chi connectivity index (χ3n) is 9.42. The van der Waals surface area contributed by atoms with Crippen LogP contribution >= 0.6 is 0 Å². The normalized spacial score (nSPS) is 14.8. The van der Waals surface area contributed by atoms with Crippen LogP contribution in [-0.2, 0) is 0 Å². The highest BCUT2D eigenvalue weighted by molar-refractivity contribution is 7.22. The van der Waals surface area contributed by atoms with Crippen LogP contribution in [0, 0.1) is 0 Å². The number of benzene rings is 5. The van der Waals surface area contributed by atoms with Gasteiger partial charge < -0.3 is 9.80 Å². The molecular formula is C39H30N4Si. The second-order valence-electron chi connectivity index (χ2n) is 11.8. The van der Waals surface area contributed by atoms with Crippen LogP contribution in [-0.4, -0.2) is 36.2 Å². The van der Waals surface area contributed by atoms with Crippen LogP contribution in [0.2, 0.25) is 0 Å². The SMILES string of the molecule is CN1C=CN(c2cccc([Si]3(c4ccc5c6ccccc6n(-c6ccccn6)c5c4)c4ccccc4-c4ccccc43)c2)C1. The van der Waals surface area contributed by atoms with Crippen molar-refractivity contribution in [2.24, 2.45) is 0 Å². The van der Waals surface area contributed by atoms with Gasteiger partial charge in [0.2, 0.25) is 0 Å². The molecule has 0 spiro atoms. The molecule has 5 heteroatoms. The maximum Gasteiger partial charge on any atom is 0.181 e. The number of rotatable bonds is 4. The Morgan fingerprint density at radius 2 is 1.30 bits per heavy atom. The van der Waals surface area contributed by atoms with Crippen LogP contribution in [0.1, 0.15) is 0 Å². The van der Waals surface area contributed by atoms with Gasteiger partial charge in [-0.25, -0.2) is 4.98 Å². The first-order valence-electron chi connectivity index (χ1n) is 15.1. The zero-order valence-electron chi connectivity index (χ0n) is 24.4. The summed E-state index contributed by atoms with van der Waals surface area (Å²) in [5, 5.41) is 8.18. The molecule has 0 saturated carbocycles. The number of hydrogen-bond donors (Lipinski definition) is 0. The van der Waals surface area contributed by atoms with Crippen LogP contribution in [0.15, 0.2) is 152 Å². The van der Waals surface area contributed by atoms with Gasteiger partial charge in [-0.15, -0.1) is 0 Å². The van der Waals surface area contributed by atoms with E-state index in [1.54, 1.807) is 0 Å². The van der Waals surface area contributed by atoms with E-state index in [4.69, 9.17) is 4.98 Å². The second kappa shape index (κ2) is 9.56. The molecule has 0 amide bonds. The monoisotopic (exact) mass is 582 g/mol. The molecule has 0 aliphatic carbocycles. The minimum absolute atomic E-state index is 0.849. The van der Waals surface area contributed by atoms with E-state index in [9.17, 15) is 0 Å². The molecule has 4 heterocycles. The smallest absolute Gasteiger partial charge is 0.181 e. The fourth-order valence-electron chi connectivity index (χ4n) is 7.57. The summed E-state index contributed by atoms with van der Waals surface area (Å²) < 4.78 is 2.34. The fraction of sp³-hybridized carbons (Fsp3) is 0.0513. The topological polar surface area (TPSA) is 24.3 Å². The average molecular weight is 583 g/mol. The van der Waals surface area contributed by atoms with Crippen LogP contribution in [0.4, 0.5) is 5.69 Å². The van der Waals surface area contributed by atoms with E-state index >= 15 is 0 Å². The first-order chi connectivity index (χ1) is 21.7. The number of para-hydroxylation sites is 1. The molecule has 9 rings (SSSR count). The van der Waals surface area contributed by atoms with Crippen molar-refractivity contribution in [1.82, 2.24) is 14.5 Å². The maximum atomic E-state index is 4.82. The molecule has 5 aromatic carbocycles. The molecule has 4 nitrogen and oxygen atoms in total. The number of aromatic nitrogens is 2. The van der Waals surface area contributed by atoms with Gasteiger partial charge in [0.25, 0.3) is 0 Å². The summed E-state index contributed by atoms with van der Waals surface area (Å²) in [5.74, 6) is 0.936. The van der Waals surface area contributed by atoms with Crippen molar-refractivity contribution in [2.75, 3.05) is 18.6 Å². The zero-order valence-corrected chi connectivity index (χ0v) is 25.4. The standard InChI is InChI=1S/C39H30N4Si/c1-41-23-24-42(27-41)28-11-10-12-29(25-28)44(37-17-6-3-14-33(37)34-15-4-7-18-38(34)44)30-20-21-32-31-13-2-5-16-35(31)43(36(32)26-30)39-19-8-9-22-40-39/h2-26H,27H2,1H3. The first kappa shape index (κ1) is 25.1. The Labute approximate surface area is 257 Å². The Bertz CT molecular complexity index is 2210. The van der Waals surface area contributed by atoms with Crippen LogP contribution in [0.25, 0.3) is 38.8 Å². The number of anilines is 1. The number of nitrogens with zero attached hydrogens (tertiary/aromatic N) is 4. The molecule has 0 fully saturated rings. The lowest BCUT2D eigenvalue weighted by atomic mass is 10.1. The first-order valence-corrected chi connectivity index (χ1v) is 17.1. The minimum Gasteiger partial charge on any atom is -0.361 e. The van der Waals surface area contributed by atoms with Gasteiger partial charge in [-0.2, -0.15) is 0 Å². The molecule has 0 radical (unpaired) electrons. The third-order valence-corrected chi connectivity index (χ3v) is 14.3. The lowest BCUT2D eigenvalue weighted by Crippen LogP contribution is -2.72. The second-order valence-corrected chi connectivity index (χ2v) is 15.6. The van der Waals surface area contributed by atoms with Gasteiger partial charge in [0.05, 0.1) is 17.7 Å². The van der Waals surface area contributed by atoms with Gasteiger partial charge in [0.1, 0.15) is 5.82 Å². The summed E-state index contributed by atoms with van der Waals surface area (Å²) in [6.07, 6.45) is 6.21. The summed E-state index contributed by atoms with van der Waals surface area (Å²) in [6.45, 7) is 0.849. The van der Waals surface area contributed by atoms with Gasteiger partial charge in [0, 0.05) is 42.1 Å². The van der Waals surface area contributed by atoms with E-state index in [1.807, 2.05) is 12.3 Å². The highest BCUT2D eigenvalue weighted by Gasteiger charge is 2.48. The van der Waals surface area contributed by atoms with Crippen molar-refractivity contribution in [1.29, 1.82) is 0 Å². The minimum atomic E-state index is -2.71. The van der Waals surface area contributed by atoms with Gasteiger partial charge in [-0.05, 0) is 68.3 Å². The summed E-state index contributed by atoms with van der Waals surface area (Å²) in [7, 11) is -0.592. The van der Waals surface area contributed by atoms with Gasteiger partial charge in [-0.3, -0.25) is 4.57 Å². The molecule has 210 valence electrons. The fourth-order valence-corrected chi connectivity index (χ4v) is 12.8. The average Bonchev–Trinajstić information content (AvgIpc) is 3.76. The molecule has 0 atom stereocenters. The molecule has 2 aromatic heterocycles. The molecule has 44 heavy (non-hydrogen) atoms. The van der Waals surface area contributed by atoms with Crippen molar-refractivity contribution in [3.8, 4) is 16.9 Å². The van der Waals surface area contributed by atoms with E-state index < -0.39 is 8.07 Å². The molecule has 0 unspecified atom stereocenters. The molecule has 0 N–H and O–H groups in total. The molecule has 2 aliphatic heterocycles. The number of hydrogen-bond acceptors (Lipinski definition) is 3. The lowest BCUT2D eigenvalue weighted by Gasteiger charge is -2.32. The molecule has 7 aromatic rings. The van der Waals surface area contributed by atoms with Gasteiger partial charge >= 0.3 is 0 Å². The third kappa shape index (κ3) is 3.47. The quantitative estimate of drug-likeness (QED) is 0.248. The summed E-state index contributed by atoms with van der Waals surface area (Å²) in [6, 6.07) is 49.6. The number of fused-ring (bicyclic) bond motifs is 6. The van der Waals surface area contributed by atoms with E-state index in [0.717, 1.165) is 12.5 Å². The van der Waals surface area contributed by atoms with Gasteiger partial charge in [0.15, 0.2) is 8.07 Å². The number of pyridine rings is 1. The highest BCUT2D eigenvalue weighted by Crippen LogP contribution is 2.33. The van der Waals surface area contributed by atoms with E-state index in [2.05, 4.69) is 161 Å². The van der Waals surface area contributed by atoms with Crippen molar-refractivity contribution in [3.05, 3.63) is 152 Å². The molecule has 0 saturated heterocycles. The Morgan fingerprint density at radius 3 is 2.05 bits per heavy atom. The summed E-state index contributed by atoms with van der Waals surface area (Å²) in [4.78, 5) is 9.36. The van der Waals surface area contributed by atoms with E-state index in [0.29, 0.717) is 0 Å².